The predicted octanol–water partition coefficient (Wildman–Crippen LogP) is 1.24. The molecule has 21 heavy (non-hydrogen) atoms. The molecule has 3 N–H and O–H groups in total. The summed E-state index contributed by atoms with van der Waals surface area (Å²) in [6.45, 7) is 0.657. The number of hydroxylamine groups is 1. The van der Waals surface area contributed by atoms with Gasteiger partial charge in [-0.2, -0.15) is 0 Å². The maximum Gasteiger partial charge on any atom is 0.318 e. The third kappa shape index (κ3) is 2.66. The van der Waals surface area contributed by atoms with Gasteiger partial charge in [-0.25, -0.2) is 10.3 Å². The maximum atomic E-state index is 11.8. The fraction of sp³-hybridized carbons (Fsp3) is 0.200. The monoisotopic (exact) mass is 285 g/mol. The Hall–Kier alpha value is -2.60. The highest BCUT2D eigenvalue weighted by molar-refractivity contribution is 5.90. The van der Waals surface area contributed by atoms with Gasteiger partial charge in [0.15, 0.2) is 0 Å². The summed E-state index contributed by atoms with van der Waals surface area (Å²) in [5.41, 5.74) is 2.55. The van der Waals surface area contributed by atoms with E-state index < -0.39 is 11.9 Å². The van der Waals surface area contributed by atoms with Crippen molar-refractivity contribution in [1.82, 2.24) is 15.7 Å². The normalized spacial score (nSPS) is 17.9. The molecule has 0 radical (unpaired) electrons. The zero-order chi connectivity index (χ0) is 14.8. The third-order valence-corrected chi connectivity index (χ3v) is 3.60. The average Bonchev–Trinajstić information content (AvgIpc) is 2.87. The van der Waals surface area contributed by atoms with Crippen LogP contribution >= 0.6 is 0 Å². The van der Waals surface area contributed by atoms with Gasteiger partial charge < -0.3 is 10.2 Å². The Kier molecular flexibility index (Phi) is 3.45. The molecular formula is C15H15N3O3. The lowest BCUT2D eigenvalue weighted by Crippen LogP contribution is -2.41. The topological polar surface area (TPSA) is 81.7 Å². The second-order valence-corrected chi connectivity index (χ2v) is 5.04. The van der Waals surface area contributed by atoms with Gasteiger partial charge in [-0.3, -0.25) is 10.0 Å². The summed E-state index contributed by atoms with van der Waals surface area (Å²) in [6.07, 6.45) is 0. The van der Waals surface area contributed by atoms with Crippen LogP contribution in [-0.2, 0) is 11.3 Å². The first-order valence-corrected chi connectivity index (χ1v) is 6.64. The van der Waals surface area contributed by atoms with Gasteiger partial charge in [0.1, 0.15) is 6.04 Å². The molecular weight excluding hydrogens is 270 g/mol. The van der Waals surface area contributed by atoms with Gasteiger partial charge in [-0.05, 0) is 22.4 Å². The van der Waals surface area contributed by atoms with E-state index in [1.807, 2.05) is 42.5 Å². The van der Waals surface area contributed by atoms with Crippen LogP contribution < -0.4 is 10.8 Å². The number of rotatable bonds is 3. The molecule has 0 unspecified atom stereocenters. The summed E-state index contributed by atoms with van der Waals surface area (Å²) < 4.78 is 0. The van der Waals surface area contributed by atoms with E-state index in [2.05, 4.69) is 5.32 Å². The molecule has 1 aliphatic heterocycles. The molecule has 2 aromatic carbocycles. The number of carbonyl (C=O) groups excluding carboxylic acids is 2. The molecule has 0 saturated carbocycles. The van der Waals surface area contributed by atoms with Gasteiger partial charge in [0.05, 0.1) is 6.54 Å². The van der Waals surface area contributed by atoms with Crippen molar-refractivity contribution in [3.63, 3.8) is 0 Å². The van der Waals surface area contributed by atoms with Crippen LogP contribution in [0.15, 0.2) is 42.5 Å². The van der Waals surface area contributed by atoms with Crippen LogP contribution in [0.1, 0.15) is 5.56 Å². The number of nitrogens with zero attached hydrogens (tertiary/aromatic N) is 1. The third-order valence-electron chi connectivity index (χ3n) is 3.60. The fourth-order valence-corrected chi connectivity index (χ4v) is 2.51. The van der Waals surface area contributed by atoms with Gasteiger partial charge in [0.25, 0.3) is 5.91 Å². The van der Waals surface area contributed by atoms with Crippen LogP contribution in [0.3, 0.4) is 0 Å². The summed E-state index contributed by atoms with van der Waals surface area (Å²) in [4.78, 5) is 24.7. The minimum Gasteiger partial charge on any atom is -0.324 e. The molecule has 1 heterocycles. The Morgan fingerprint density at radius 1 is 1.29 bits per heavy atom. The standard InChI is InChI=1S/C15H15N3O3/c19-14(17-21)13-9-18(15(20)16-13)8-10-5-6-11-3-1-2-4-12(11)7-10/h1-7,13,21H,8-9H2,(H,16,20)(H,17,19)/t13-/m1/s1. The first kappa shape index (κ1) is 13.4. The molecule has 108 valence electrons. The van der Waals surface area contributed by atoms with Gasteiger partial charge in [-0.1, -0.05) is 36.4 Å². The molecule has 3 rings (SSSR count). The van der Waals surface area contributed by atoms with Crippen molar-refractivity contribution in [3.05, 3.63) is 48.0 Å². The summed E-state index contributed by atoms with van der Waals surface area (Å²) in [7, 11) is 0. The number of nitrogens with one attached hydrogen (secondary N) is 2. The van der Waals surface area contributed by atoms with Crippen LogP contribution in [0.4, 0.5) is 4.79 Å². The molecule has 6 nitrogen and oxygen atoms in total. The van der Waals surface area contributed by atoms with Crippen LogP contribution in [0, 0.1) is 0 Å². The van der Waals surface area contributed by atoms with Crippen LogP contribution in [0.2, 0.25) is 0 Å². The number of benzene rings is 2. The highest BCUT2D eigenvalue weighted by Crippen LogP contribution is 2.18. The number of hydrogen-bond acceptors (Lipinski definition) is 3. The number of carbonyl (C=O) groups is 2. The highest BCUT2D eigenvalue weighted by Gasteiger charge is 2.33. The van der Waals surface area contributed by atoms with E-state index in [1.54, 1.807) is 10.4 Å². The summed E-state index contributed by atoms with van der Waals surface area (Å²) in [5, 5.41) is 13.4. The smallest absolute Gasteiger partial charge is 0.318 e. The summed E-state index contributed by atoms with van der Waals surface area (Å²) in [6, 6.07) is 13.0. The van der Waals surface area contributed by atoms with E-state index in [0.29, 0.717) is 6.54 Å². The van der Waals surface area contributed by atoms with Crippen LogP contribution in [0.25, 0.3) is 10.8 Å². The summed E-state index contributed by atoms with van der Waals surface area (Å²) >= 11 is 0. The van der Waals surface area contributed by atoms with Crippen molar-refractivity contribution in [3.8, 4) is 0 Å². The van der Waals surface area contributed by atoms with Gasteiger partial charge in [-0.15, -0.1) is 0 Å². The Morgan fingerprint density at radius 2 is 2.05 bits per heavy atom. The molecule has 0 bridgehead atoms. The number of hydrogen-bond donors (Lipinski definition) is 3. The predicted molar refractivity (Wildman–Crippen MR) is 76.6 cm³/mol. The molecule has 1 atom stereocenters. The maximum absolute atomic E-state index is 11.8. The van der Waals surface area contributed by atoms with E-state index in [9.17, 15) is 9.59 Å². The van der Waals surface area contributed by atoms with Crippen molar-refractivity contribution >= 4 is 22.7 Å². The van der Waals surface area contributed by atoms with E-state index >= 15 is 0 Å². The number of urea groups is 1. The van der Waals surface area contributed by atoms with E-state index in [4.69, 9.17) is 5.21 Å². The average molecular weight is 285 g/mol. The molecule has 0 aliphatic carbocycles. The molecule has 6 heteroatoms. The minimum absolute atomic E-state index is 0.234. The molecule has 0 spiro atoms. The molecule has 0 aromatic heterocycles. The minimum atomic E-state index is -0.719. The lowest BCUT2D eigenvalue weighted by atomic mass is 10.1. The SMILES string of the molecule is O=C(NO)[C@H]1CN(Cc2ccc3ccccc3c2)C(=O)N1. The van der Waals surface area contributed by atoms with E-state index in [-0.39, 0.29) is 12.6 Å². The van der Waals surface area contributed by atoms with Crippen molar-refractivity contribution in [2.45, 2.75) is 12.6 Å². The first-order valence-electron chi connectivity index (χ1n) is 6.64. The molecule has 3 amide bonds. The highest BCUT2D eigenvalue weighted by atomic mass is 16.5. The number of fused-ring (bicyclic) bond motifs is 1. The zero-order valence-electron chi connectivity index (χ0n) is 11.2. The molecule has 1 saturated heterocycles. The van der Waals surface area contributed by atoms with Crippen LogP contribution in [0.5, 0.6) is 0 Å². The Morgan fingerprint density at radius 3 is 2.81 bits per heavy atom. The molecule has 2 aromatic rings. The Bertz CT molecular complexity index is 701. The number of amides is 3. The lowest BCUT2D eigenvalue weighted by molar-refractivity contribution is -0.130. The van der Waals surface area contributed by atoms with Gasteiger partial charge in [0.2, 0.25) is 0 Å². The van der Waals surface area contributed by atoms with E-state index in [1.165, 1.54) is 0 Å². The van der Waals surface area contributed by atoms with E-state index in [0.717, 1.165) is 16.3 Å². The van der Waals surface area contributed by atoms with Crippen molar-refractivity contribution < 1.29 is 14.8 Å². The molecule has 1 aliphatic rings. The van der Waals surface area contributed by atoms with Crippen molar-refractivity contribution in [2.75, 3.05) is 6.54 Å². The molecule has 1 fully saturated rings. The van der Waals surface area contributed by atoms with Crippen molar-refractivity contribution in [2.24, 2.45) is 0 Å². The second kappa shape index (κ2) is 5.41. The Balaban J connectivity index is 1.76. The zero-order valence-corrected chi connectivity index (χ0v) is 11.2. The Labute approximate surface area is 121 Å². The first-order chi connectivity index (χ1) is 10.2. The van der Waals surface area contributed by atoms with Gasteiger partial charge >= 0.3 is 6.03 Å². The summed E-state index contributed by atoms with van der Waals surface area (Å²) in [5.74, 6) is -0.607. The van der Waals surface area contributed by atoms with Gasteiger partial charge in [0, 0.05) is 6.54 Å². The van der Waals surface area contributed by atoms with Crippen LogP contribution in [-0.4, -0.2) is 34.6 Å². The lowest BCUT2D eigenvalue weighted by Gasteiger charge is -2.14. The van der Waals surface area contributed by atoms with Crippen molar-refractivity contribution in [1.29, 1.82) is 0 Å². The fourth-order valence-electron chi connectivity index (χ4n) is 2.51. The quantitative estimate of drug-likeness (QED) is 0.586. The second-order valence-electron chi connectivity index (χ2n) is 5.04. The largest absolute Gasteiger partial charge is 0.324 e.